The Hall–Kier alpha value is -3.83. The fraction of sp³-hybridized carbons (Fsp3) is 0.379. The second kappa shape index (κ2) is 10.7. The molecule has 0 bridgehead atoms. The van der Waals surface area contributed by atoms with Gasteiger partial charge in [-0.25, -0.2) is 4.39 Å². The molecule has 2 N–H and O–H groups in total. The summed E-state index contributed by atoms with van der Waals surface area (Å²) >= 11 is 0. The average molecular weight is 506 g/mol. The topological polar surface area (TPSA) is 97.8 Å². The minimum Gasteiger partial charge on any atom is -0.493 e. The number of halogens is 1. The van der Waals surface area contributed by atoms with Gasteiger partial charge in [-0.1, -0.05) is 32.0 Å². The Labute approximate surface area is 216 Å². The first-order chi connectivity index (χ1) is 17.7. The normalized spacial score (nSPS) is 19.0. The van der Waals surface area contributed by atoms with Gasteiger partial charge in [0.15, 0.2) is 17.3 Å². The van der Waals surface area contributed by atoms with Crippen LogP contribution in [0, 0.1) is 22.6 Å². The molecule has 0 saturated carbocycles. The summed E-state index contributed by atoms with van der Waals surface area (Å²) in [7, 11) is 3.14. The molecule has 0 fully saturated rings. The van der Waals surface area contributed by atoms with Crippen LogP contribution < -0.4 is 15.2 Å². The van der Waals surface area contributed by atoms with Gasteiger partial charge in [0.2, 0.25) is 0 Å². The van der Waals surface area contributed by atoms with E-state index >= 15 is 0 Å². The molecule has 0 unspecified atom stereocenters. The number of methoxy groups -OCH3 is 2. The van der Waals surface area contributed by atoms with Gasteiger partial charge < -0.3 is 24.8 Å². The van der Waals surface area contributed by atoms with Crippen LogP contribution in [-0.2, 0) is 16.1 Å². The maximum Gasteiger partial charge on any atom is 0.162 e. The van der Waals surface area contributed by atoms with E-state index in [0.717, 1.165) is 16.8 Å². The molecule has 37 heavy (non-hydrogen) atoms. The summed E-state index contributed by atoms with van der Waals surface area (Å²) in [5.74, 6) is 0.382. The van der Waals surface area contributed by atoms with Crippen molar-refractivity contribution in [3.8, 4) is 17.6 Å². The Morgan fingerprint density at radius 2 is 1.86 bits per heavy atom. The van der Waals surface area contributed by atoms with Crippen molar-refractivity contribution >= 4 is 5.78 Å². The highest BCUT2D eigenvalue weighted by molar-refractivity contribution is 6.00. The predicted molar refractivity (Wildman–Crippen MR) is 137 cm³/mol. The third-order valence-corrected chi connectivity index (χ3v) is 6.83. The number of benzene rings is 2. The van der Waals surface area contributed by atoms with E-state index in [2.05, 4.69) is 19.9 Å². The molecule has 0 aromatic heterocycles. The van der Waals surface area contributed by atoms with Crippen LogP contribution >= 0.6 is 0 Å². The number of hydrogen-bond acceptors (Lipinski definition) is 7. The van der Waals surface area contributed by atoms with E-state index in [4.69, 9.17) is 19.9 Å². The van der Waals surface area contributed by atoms with Gasteiger partial charge in [-0.15, -0.1) is 0 Å². The first-order valence-corrected chi connectivity index (χ1v) is 12.2. The summed E-state index contributed by atoms with van der Waals surface area (Å²) in [6.45, 7) is 5.21. The Bertz CT molecular complexity index is 1290. The number of hydrogen-bond donors (Lipinski definition) is 1. The van der Waals surface area contributed by atoms with Gasteiger partial charge in [-0.05, 0) is 47.2 Å². The van der Waals surface area contributed by atoms with Crippen LogP contribution in [0.4, 0.5) is 4.39 Å². The highest BCUT2D eigenvalue weighted by Gasteiger charge is 2.44. The minimum absolute atomic E-state index is 0.00881. The molecular formula is C29H32FN3O4. The summed E-state index contributed by atoms with van der Waals surface area (Å²) in [5.41, 5.74) is 9.63. The van der Waals surface area contributed by atoms with Crippen molar-refractivity contribution in [2.24, 2.45) is 11.1 Å². The summed E-state index contributed by atoms with van der Waals surface area (Å²) in [4.78, 5) is 15.4. The van der Waals surface area contributed by atoms with Crippen molar-refractivity contribution in [2.75, 3.05) is 27.4 Å². The van der Waals surface area contributed by atoms with Crippen molar-refractivity contribution in [1.82, 2.24) is 4.90 Å². The molecule has 1 heterocycles. The fourth-order valence-electron chi connectivity index (χ4n) is 5.07. The third kappa shape index (κ3) is 5.32. The molecule has 7 nitrogen and oxygen atoms in total. The van der Waals surface area contributed by atoms with Crippen molar-refractivity contribution in [1.29, 1.82) is 5.26 Å². The molecule has 0 spiro atoms. The molecule has 8 heteroatoms. The average Bonchev–Trinajstić information content (AvgIpc) is 2.86. The first kappa shape index (κ1) is 26.2. The van der Waals surface area contributed by atoms with Crippen molar-refractivity contribution < 1.29 is 23.4 Å². The number of nitrogens with zero attached hydrogens (tertiary/aromatic N) is 2. The Morgan fingerprint density at radius 3 is 2.51 bits per heavy atom. The molecular weight excluding hydrogens is 473 g/mol. The number of carbonyl (C=O) groups excluding carboxylic acids is 1. The van der Waals surface area contributed by atoms with Crippen LogP contribution in [0.3, 0.4) is 0 Å². The van der Waals surface area contributed by atoms with Crippen LogP contribution in [0.5, 0.6) is 11.5 Å². The zero-order valence-electron chi connectivity index (χ0n) is 21.6. The Morgan fingerprint density at radius 1 is 1.14 bits per heavy atom. The number of ketones is 1. The lowest BCUT2D eigenvalue weighted by atomic mass is 9.68. The van der Waals surface area contributed by atoms with Gasteiger partial charge in [-0.3, -0.25) is 4.79 Å². The minimum atomic E-state index is -0.609. The number of carbonyl (C=O) groups is 1. The van der Waals surface area contributed by atoms with Crippen molar-refractivity contribution in [3.05, 3.63) is 82.1 Å². The molecule has 2 aromatic rings. The van der Waals surface area contributed by atoms with E-state index < -0.39 is 5.92 Å². The summed E-state index contributed by atoms with van der Waals surface area (Å²) in [6, 6.07) is 13.7. The molecule has 2 aliphatic rings. The molecule has 194 valence electrons. The molecule has 0 amide bonds. The molecule has 1 aliphatic heterocycles. The molecule has 1 atom stereocenters. The summed E-state index contributed by atoms with van der Waals surface area (Å²) in [5, 5.41) is 10.2. The number of allylic oxidation sites excluding steroid dienone is 3. The lowest BCUT2D eigenvalue weighted by molar-refractivity contribution is -0.118. The Balaban J connectivity index is 1.74. The van der Waals surface area contributed by atoms with Crippen LogP contribution in [0.1, 0.15) is 43.7 Å². The van der Waals surface area contributed by atoms with Crippen LogP contribution in [0.2, 0.25) is 0 Å². The summed E-state index contributed by atoms with van der Waals surface area (Å²) < 4.78 is 30.0. The number of rotatable bonds is 8. The van der Waals surface area contributed by atoms with Crippen LogP contribution in [0.15, 0.2) is 65.1 Å². The van der Waals surface area contributed by atoms with E-state index in [1.165, 1.54) is 19.2 Å². The van der Waals surface area contributed by atoms with E-state index in [1.54, 1.807) is 31.4 Å². The van der Waals surface area contributed by atoms with Crippen molar-refractivity contribution in [2.45, 2.75) is 39.2 Å². The Kier molecular flexibility index (Phi) is 7.55. The molecule has 0 radical (unpaired) electrons. The molecule has 4 rings (SSSR count). The van der Waals surface area contributed by atoms with Gasteiger partial charge in [0.1, 0.15) is 18.2 Å². The lowest BCUT2D eigenvalue weighted by Gasteiger charge is -2.43. The quantitative estimate of drug-likeness (QED) is 0.551. The lowest BCUT2D eigenvalue weighted by Crippen LogP contribution is -2.43. The van der Waals surface area contributed by atoms with Crippen LogP contribution in [0.25, 0.3) is 0 Å². The largest absolute Gasteiger partial charge is 0.493 e. The van der Waals surface area contributed by atoms with E-state index in [9.17, 15) is 14.4 Å². The third-order valence-electron chi connectivity index (χ3n) is 6.83. The van der Waals surface area contributed by atoms with E-state index in [0.29, 0.717) is 54.5 Å². The van der Waals surface area contributed by atoms with Gasteiger partial charge >= 0.3 is 0 Å². The smallest absolute Gasteiger partial charge is 0.162 e. The highest BCUT2D eigenvalue weighted by Crippen LogP contribution is 2.49. The van der Waals surface area contributed by atoms with E-state index in [1.807, 2.05) is 11.0 Å². The SMILES string of the molecule is COCCN1C(N)=C(C#N)[C@H](c2ccc(OCc3ccc(F)cc3)c(OC)c2)C2=C1CC(C)(C)CC2=O. The van der Waals surface area contributed by atoms with Crippen molar-refractivity contribution in [3.63, 3.8) is 0 Å². The predicted octanol–water partition coefficient (Wildman–Crippen LogP) is 4.80. The fourth-order valence-corrected chi connectivity index (χ4v) is 5.07. The maximum absolute atomic E-state index is 13.5. The second-order valence-corrected chi connectivity index (χ2v) is 10.1. The first-order valence-electron chi connectivity index (χ1n) is 12.2. The van der Waals surface area contributed by atoms with Crippen LogP contribution in [-0.4, -0.2) is 38.1 Å². The highest BCUT2D eigenvalue weighted by atomic mass is 19.1. The number of ether oxygens (including phenoxy) is 3. The zero-order valence-corrected chi connectivity index (χ0v) is 21.6. The maximum atomic E-state index is 13.5. The molecule has 0 saturated heterocycles. The number of nitrogens with two attached hydrogens (primary N) is 1. The molecule has 1 aliphatic carbocycles. The second-order valence-electron chi connectivity index (χ2n) is 10.1. The summed E-state index contributed by atoms with van der Waals surface area (Å²) in [6.07, 6.45) is 1.04. The van der Waals surface area contributed by atoms with Gasteiger partial charge in [-0.2, -0.15) is 5.26 Å². The standard InChI is InChI=1S/C29H32FN3O4/c1-29(2)14-22-27(23(34)15-29)26(21(16-31)28(32)33(22)11-12-35-3)19-7-10-24(25(13-19)36-4)37-17-18-5-8-20(30)9-6-18/h5-10,13,26H,11-12,14-15,17,32H2,1-4H3/t26-/m0/s1. The monoisotopic (exact) mass is 505 g/mol. The van der Waals surface area contributed by atoms with E-state index in [-0.39, 0.29) is 23.6 Å². The van der Waals surface area contributed by atoms with Gasteiger partial charge in [0, 0.05) is 31.3 Å². The van der Waals surface area contributed by atoms with Gasteiger partial charge in [0.05, 0.1) is 31.3 Å². The van der Waals surface area contributed by atoms with Gasteiger partial charge in [0.25, 0.3) is 0 Å². The number of Topliss-reactive ketones (excluding diaryl/α,β-unsaturated/α-hetero) is 1. The zero-order chi connectivity index (χ0) is 26.7. The molecule has 2 aromatic carbocycles. The number of nitriles is 1.